The summed E-state index contributed by atoms with van der Waals surface area (Å²) in [6.45, 7) is 1.12. The van der Waals surface area contributed by atoms with Gasteiger partial charge < -0.3 is 5.32 Å². The van der Waals surface area contributed by atoms with E-state index in [0.717, 1.165) is 31.2 Å². The maximum atomic E-state index is 12.7. The fraction of sp³-hybridized carbons (Fsp3) is 0.381. The number of sulfonamides is 1. The summed E-state index contributed by atoms with van der Waals surface area (Å²) in [4.78, 5) is 12.7. The van der Waals surface area contributed by atoms with Crippen LogP contribution in [0.2, 0.25) is 0 Å². The second-order valence-electron chi connectivity index (χ2n) is 7.61. The van der Waals surface area contributed by atoms with E-state index in [4.69, 9.17) is 0 Å². The Morgan fingerprint density at radius 3 is 2.56 bits per heavy atom. The van der Waals surface area contributed by atoms with Gasteiger partial charge in [0.05, 0.1) is 11.9 Å². The molecule has 1 heterocycles. The van der Waals surface area contributed by atoms with Crippen molar-refractivity contribution in [1.82, 2.24) is 5.32 Å². The number of benzene rings is 2. The SMILES string of the molecule is CS(=O)(=O)N1CCCc2cc(C(=O)NCC3(c4ccccc4)CC3)ccc21. The number of nitrogens with one attached hydrogen (secondary N) is 1. The van der Waals surface area contributed by atoms with Crippen LogP contribution in [-0.4, -0.2) is 33.7 Å². The molecule has 1 saturated carbocycles. The second-order valence-corrected chi connectivity index (χ2v) is 9.52. The standard InChI is InChI=1S/C21H24N2O3S/c1-27(25,26)23-13-5-6-16-14-17(9-10-19(16)23)20(24)22-15-21(11-12-21)18-7-3-2-4-8-18/h2-4,7-10,14H,5-6,11-13,15H2,1H3,(H,22,24). The fourth-order valence-electron chi connectivity index (χ4n) is 3.91. The molecule has 6 heteroatoms. The van der Waals surface area contributed by atoms with Gasteiger partial charge in [0.1, 0.15) is 0 Å². The molecule has 2 aliphatic rings. The third-order valence-electron chi connectivity index (χ3n) is 5.65. The molecule has 4 rings (SSSR count). The van der Waals surface area contributed by atoms with Crippen LogP contribution in [0.15, 0.2) is 48.5 Å². The zero-order chi connectivity index (χ0) is 19.1. The van der Waals surface area contributed by atoms with Crippen LogP contribution in [0.5, 0.6) is 0 Å². The van der Waals surface area contributed by atoms with E-state index >= 15 is 0 Å². The number of amides is 1. The van der Waals surface area contributed by atoms with Crippen LogP contribution >= 0.6 is 0 Å². The summed E-state index contributed by atoms with van der Waals surface area (Å²) in [7, 11) is -3.29. The minimum Gasteiger partial charge on any atom is -0.351 e. The van der Waals surface area contributed by atoms with E-state index in [2.05, 4.69) is 17.4 Å². The molecule has 1 aliphatic carbocycles. The normalized spacial score (nSPS) is 17.9. The maximum Gasteiger partial charge on any atom is 0.251 e. The first-order chi connectivity index (χ1) is 12.9. The molecule has 0 bridgehead atoms. The molecule has 2 aromatic rings. The summed E-state index contributed by atoms with van der Waals surface area (Å²) in [5.41, 5.74) is 3.55. The first-order valence-corrected chi connectivity index (χ1v) is 11.2. The Morgan fingerprint density at radius 2 is 1.89 bits per heavy atom. The van der Waals surface area contributed by atoms with Gasteiger partial charge in [-0.05, 0) is 55.0 Å². The molecule has 0 spiro atoms. The van der Waals surface area contributed by atoms with Gasteiger partial charge >= 0.3 is 0 Å². The Kier molecular flexibility index (Phi) is 4.46. The van der Waals surface area contributed by atoms with E-state index in [1.54, 1.807) is 12.1 Å². The molecule has 1 amide bonds. The highest BCUT2D eigenvalue weighted by atomic mass is 32.2. The molecule has 1 aliphatic heterocycles. The number of nitrogens with zero attached hydrogens (tertiary/aromatic N) is 1. The molecule has 0 atom stereocenters. The molecule has 0 unspecified atom stereocenters. The van der Waals surface area contributed by atoms with Crippen molar-refractivity contribution in [3.63, 3.8) is 0 Å². The van der Waals surface area contributed by atoms with Gasteiger partial charge in [-0.1, -0.05) is 30.3 Å². The monoisotopic (exact) mass is 384 g/mol. The van der Waals surface area contributed by atoms with Crippen LogP contribution in [0.1, 0.15) is 40.7 Å². The van der Waals surface area contributed by atoms with Crippen molar-refractivity contribution >= 4 is 21.6 Å². The molecule has 0 aromatic heterocycles. The van der Waals surface area contributed by atoms with E-state index in [-0.39, 0.29) is 11.3 Å². The lowest BCUT2D eigenvalue weighted by Gasteiger charge is -2.29. The van der Waals surface area contributed by atoms with Crippen molar-refractivity contribution in [3.05, 3.63) is 65.2 Å². The average Bonchev–Trinajstić information content (AvgIpc) is 3.46. The van der Waals surface area contributed by atoms with Crippen LogP contribution in [0, 0.1) is 0 Å². The third-order valence-corrected chi connectivity index (χ3v) is 6.83. The molecular formula is C21H24N2O3S. The molecule has 1 N–H and O–H groups in total. The largest absolute Gasteiger partial charge is 0.351 e. The second kappa shape index (κ2) is 6.68. The highest BCUT2D eigenvalue weighted by Crippen LogP contribution is 2.47. The summed E-state index contributed by atoms with van der Waals surface area (Å²) in [5.74, 6) is -0.100. The highest BCUT2D eigenvalue weighted by molar-refractivity contribution is 7.92. The van der Waals surface area contributed by atoms with Crippen LogP contribution in [0.3, 0.4) is 0 Å². The average molecular weight is 385 g/mol. The molecule has 2 aromatic carbocycles. The molecule has 5 nitrogen and oxygen atoms in total. The predicted molar refractivity (Wildman–Crippen MR) is 107 cm³/mol. The molecule has 0 saturated heterocycles. The van der Waals surface area contributed by atoms with Gasteiger partial charge in [0.15, 0.2) is 0 Å². The van der Waals surface area contributed by atoms with Gasteiger partial charge in [-0.25, -0.2) is 8.42 Å². The number of carbonyl (C=O) groups excluding carboxylic acids is 1. The van der Waals surface area contributed by atoms with Crippen molar-refractivity contribution in [2.75, 3.05) is 23.7 Å². The molecule has 1 fully saturated rings. The van der Waals surface area contributed by atoms with E-state index in [1.807, 2.05) is 24.3 Å². The van der Waals surface area contributed by atoms with Crippen LogP contribution < -0.4 is 9.62 Å². The Balaban J connectivity index is 1.49. The number of anilines is 1. The summed E-state index contributed by atoms with van der Waals surface area (Å²) in [6.07, 6.45) is 4.95. The Bertz CT molecular complexity index is 966. The molecule has 27 heavy (non-hydrogen) atoms. The lowest BCUT2D eigenvalue weighted by Crippen LogP contribution is -2.35. The minimum absolute atomic E-state index is 0.0677. The molecule has 142 valence electrons. The van der Waals surface area contributed by atoms with E-state index in [1.165, 1.54) is 16.1 Å². The van der Waals surface area contributed by atoms with Gasteiger partial charge in [0.2, 0.25) is 10.0 Å². The van der Waals surface area contributed by atoms with Crippen molar-refractivity contribution in [2.24, 2.45) is 0 Å². The highest BCUT2D eigenvalue weighted by Gasteiger charge is 2.44. The summed E-state index contributed by atoms with van der Waals surface area (Å²) in [6, 6.07) is 15.6. The molecular weight excluding hydrogens is 360 g/mol. The van der Waals surface area contributed by atoms with Crippen molar-refractivity contribution < 1.29 is 13.2 Å². The number of hydrogen-bond acceptors (Lipinski definition) is 3. The van der Waals surface area contributed by atoms with Gasteiger partial charge in [-0.15, -0.1) is 0 Å². The Morgan fingerprint density at radius 1 is 1.15 bits per heavy atom. The summed E-state index contributed by atoms with van der Waals surface area (Å²) in [5, 5.41) is 3.08. The Labute approximate surface area is 160 Å². The number of rotatable bonds is 5. The minimum atomic E-state index is -3.29. The van der Waals surface area contributed by atoms with Gasteiger partial charge in [0.25, 0.3) is 5.91 Å². The van der Waals surface area contributed by atoms with Crippen molar-refractivity contribution in [2.45, 2.75) is 31.1 Å². The number of hydrogen-bond donors (Lipinski definition) is 1. The lowest BCUT2D eigenvalue weighted by atomic mass is 9.95. The number of fused-ring (bicyclic) bond motifs is 1. The topological polar surface area (TPSA) is 66.5 Å². The smallest absolute Gasteiger partial charge is 0.251 e. The van der Waals surface area contributed by atoms with Gasteiger partial charge in [0, 0.05) is 24.1 Å². The van der Waals surface area contributed by atoms with Crippen LogP contribution in [-0.2, 0) is 21.9 Å². The summed E-state index contributed by atoms with van der Waals surface area (Å²) < 4.78 is 25.4. The zero-order valence-electron chi connectivity index (χ0n) is 15.4. The lowest BCUT2D eigenvalue weighted by molar-refractivity contribution is 0.0949. The molecule has 0 radical (unpaired) electrons. The first kappa shape index (κ1) is 18.0. The van der Waals surface area contributed by atoms with Crippen LogP contribution in [0.25, 0.3) is 0 Å². The van der Waals surface area contributed by atoms with Crippen LogP contribution in [0.4, 0.5) is 5.69 Å². The number of carbonyl (C=O) groups is 1. The van der Waals surface area contributed by atoms with Gasteiger partial charge in [-0.3, -0.25) is 9.10 Å². The Hall–Kier alpha value is -2.34. The summed E-state index contributed by atoms with van der Waals surface area (Å²) >= 11 is 0. The predicted octanol–water partition coefficient (Wildman–Crippen LogP) is 2.86. The number of aryl methyl sites for hydroxylation is 1. The fourth-order valence-corrected chi connectivity index (χ4v) is 4.91. The van der Waals surface area contributed by atoms with Crippen molar-refractivity contribution in [1.29, 1.82) is 0 Å². The zero-order valence-corrected chi connectivity index (χ0v) is 16.3. The first-order valence-electron chi connectivity index (χ1n) is 9.33. The van der Waals surface area contributed by atoms with E-state index in [9.17, 15) is 13.2 Å². The van der Waals surface area contributed by atoms with E-state index in [0.29, 0.717) is 24.3 Å². The van der Waals surface area contributed by atoms with Gasteiger partial charge in [-0.2, -0.15) is 0 Å². The third kappa shape index (κ3) is 3.58. The maximum absolute atomic E-state index is 12.7. The van der Waals surface area contributed by atoms with Crippen molar-refractivity contribution in [3.8, 4) is 0 Å². The van der Waals surface area contributed by atoms with E-state index < -0.39 is 10.0 Å². The quantitative estimate of drug-likeness (QED) is 0.862.